The Balaban J connectivity index is 2.64. The summed E-state index contributed by atoms with van der Waals surface area (Å²) in [5.41, 5.74) is 4.90. The third-order valence-corrected chi connectivity index (χ3v) is 1.73. The second-order valence-corrected chi connectivity index (χ2v) is 2.69. The molecule has 0 saturated heterocycles. The number of nitrogens with zero attached hydrogens (tertiary/aromatic N) is 1. The molecule has 2 aromatic rings. The summed E-state index contributed by atoms with van der Waals surface area (Å²) < 4.78 is 31.1. The summed E-state index contributed by atoms with van der Waals surface area (Å²) in [5, 5.41) is 0. The van der Waals surface area contributed by atoms with Crippen LogP contribution in [0.3, 0.4) is 0 Å². The molecule has 3 nitrogen and oxygen atoms in total. The molecule has 2 N–H and O–H groups in total. The van der Waals surface area contributed by atoms with Crippen molar-refractivity contribution in [1.29, 1.82) is 0 Å². The molecule has 0 spiro atoms. The van der Waals surface area contributed by atoms with Crippen molar-refractivity contribution in [2.75, 3.05) is 5.73 Å². The Labute approximate surface area is 78.2 Å². The zero-order valence-electron chi connectivity index (χ0n) is 7.00. The normalized spacial score (nSPS) is 10.4. The Bertz CT molecular complexity index is 454. The SMILES string of the molecule is Nc1cc(F)cc(-c2ncco2)c1F. The summed E-state index contributed by atoms with van der Waals surface area (Å²) >= 11 is 0. The maximum atomic E-state index is 13.4. The third-order valence-electron chi connectivity index (χ3n) is 1.73. The first-order valence-corrected chi connectivity index (χ1v) is 3.83. The number of benzene rings is 1. The van der Waals surface area contributed by atoms with E-state index in [1.807, 2.05) is 0 Å². The van der Waals surface area contributed by atoms with E-state index < -0.39 is 11.6 Å². The number of oxazole rings is 1. The van der Waals surface area contributed by atoms with Crippen LogP contribution in [0.4, 0.5) is 14.5 Å². The fourth-order valence-corrected chi connectivity index (χ4v) is 1.12. The smallest absolute Gasteiger partial charge is 0.229 e. The highest BCUT2D eigenvalue weighted by Crippen LogP contribution is 2.26. The summed E-state index contributed by atoms with van der Waals surface area (Å²) in [7, 11) is 0. The van der Waals surface area contributed by atoms with Gasteiger partial charge in [-0.2, -0.15) is 0 Å². The second-order valence-electron chi connectivity index (χ2n) is 2.69. The predicted molar refractivity (Wildman–Crippen MR) is 46.3 cm³/mol. The Morgan fingerprint density at radius 2 is 2.07 bits per heavy atom. The first-order chi connectivity index (χ1) is 6.68. The molecule has 0 amide bonds. The van der Waals surface area contributed by atoms with Crippen molar-refractivity contribution >= 4 is 5.69 Å². The number of aromatic nitrogens is 1. The minimum absolute atomic E-state index is 0.00806. The molecule has 1 heterocycles. The fourth-order valence-electron chi connectivity index (χ4n) is 1.12. The zero-order chi connectivity index (χ0) is 10.1. The number of hydrogen-bond acceptors (Lipinski definition) is 3. The standard InChI is InChI=1S/C9H6F2N2O/c10-5-3-6(8(11)7(12)4-5)9-13-1-2-14-9/h1-4H,12H2. The van der Waals surface area contributed by atoms with Gasteiger partial charge in [0.25, 0.3) is 0 Å². The van der Waals surface area contributed by atoms with Gasteiger partial charge in [-0.05, 0) is 12.1 Å². The molecule has 0 bridgehead atoms. The van der Waals surface area contributed by atoms with Gasteiger partial charge in [0.2, 0.25) is 5.89 Å². The van der Waals surface area contributed by atoms with Crippen LogP contribution in [0.2, 0.25) is 0 Å². The van der Waals surface area contributed by atoms with Gasteiger partial charge < -0.3 is 10.2 Å². The highest BCUT2D eigenvalue weighted by atomic mass is 19.1. The van der Waals surface area contributed by atoms with Crippen molar-refractivity contribution in [3.05, 3.63) is 36.2 Å². The maximum absolute atomic E-state index is 13.4. The van der Waals surface area contributed by atoms with Crippen LogP contribution in [0.1, 0.15) is 0 Å². The van der Waals surface area contributed by atoms with E-state index in [0.29, 0.717) is 0 Å². The molecule has 0 radical (unpaired) electrons. The largest absolute Gasteiger partial charge is 0.444 e. The van der Waals surface area contributed by atoms with E-state index in [0.717, 1.165) is 12.1 Å². The predicted octanol–water partition coefficient (Wildman–Crippen LogP) is 2.20. The monoisotopic (exact) mass is 196 g/mol. The maximum Gasteiger partial charge on any atom is 0.229 e. The third kappa shape index (κ3) is 1.32. The van der Waals surface area contributed by atoms with E-state index in [-0.39, 0.29) is 17.1 Å². The fraction of sp³-hybridized carbons (Fsp3) is 0. The van der Waals surface area contributed by atoms with Crippen LogP contribution in [0, 0.1) is 11.6 Å². The molecule has 1 aromatic heterocycles. The Morgan fingerprint density at radius 1 is 1.29 bits per heavy atom. The van der Waals surface area contributed by atoms with Crippen LogP contribution in [-0.4, -0.2) is 4.98 Å². The molecule has 2 rings (SSSR count). The number of hydrogen-bond donors (Lipinski definition) is 1. The van der Waals surface area contributed by atoms with Gasteiger partial charge in [-0.25, -0.2) is 13.8 Å². The van der Waals surface area contributed by atoms with E-state index in [9.17, 15) is 8.78 Å². The topological polar surface area (TPSA) is 52.0 Å². The van der Waals surface area contributed by atoms with Crippen molar-refractivity contribution in [1.82, 2.24) is 4.98 Å². The van der Waals surface area contributed by atoms with Gasteiger partial charge in [0.05, 0.1) is 17.4 Å². The summed E-state index contributed by atoms with van der Waals surface area (Å²) in [6.45, 7) is 0. The van der Waals surface area contributed by atoms with Crippen molar-refractivity contribution < 1.29 is 13.2 Å². The van der Waals surface area contributed by atoms with E-state index in [1.54, 1.807) is 0 Å². The molecule has 0 aliphatic rings. The number of rotatable bonds is 1. The van der Waals surface area contributed by atoms with E-state index in [2.05, 4.69) is 4.98 Å². The molecule has 5 heteroatoms. The molecule has 0 atom stereocenters. The quantitative estimate of drug-likeness (QED) is 0.711. The van der Waals surface area contributed by atoms with Crippen molar-refractivity contribution in [2.24, 2.45) is 0 Å². The lowest BCUT2D eigenvalue weighted by atomic mass is 10.2. The Kier molecular flexibility index (Phi) is 1.92. The Hall–Kier alpha value is -1.91. The first-order valence-electron chi connectivity index (χ1n) is 3.83. The molecular formula is C9H6F2N2O. The molecule has 0 saturated carbocycles. The van der Waals surface area contributed by atoms with Crippen LogP contribution in [0.15, 0.2) is 29.0 Å². The lowest BCUT2D eigenvalue weighted by molar-refractivity contribution is 0.558. The van der Waals surface area contributed by atoms with Crippen molar-refractivity contribution in [2.45, 2.75) is 0 Å². The van der Waals surface area contributed by atoms with Gasteiger partial charge >= 0.3 is 0 Å². The average Bonchev–Trinajstić information content (AvgIpc) is 2.63. The van der Waals surface area contributed by atoms with Gasteiger partial charge in [0.1, 0.15) is 12.1 Å². The lowest BCUT2D eigenvalue weighted by Gasteiger charge is -2.01. The zero-order valence-corrected chi connectivity index (χ0v) is 7.00. The van der Waals surface area contributed by atoms with E-state index in [1.165, 1.54) is 12.5 Å². The van der Waals surface area contributed by atoms with E-state index in [4.69, 9.17) is 10.2 Å². The van der Waals surface area contributed by atoms with Crippen LogP contribution in [0.5, 0.6) is 0 Å². The van der Waals surface area contributed by atoms with E-state index >= 15 is 0 Å². The first kappa shape index (κ1) is 8.68. The molecule has 72 valence electrons. The molecule has 1 aromatic carbocycles. The second kappa shape index (κ2) is 3.10. The van der Waals surface area contributed by atoms with Gasteiger partial charge in [0, 0.05) is 0 Å². The minimum Gasteiger partial charge on any atom is -0.444 e. The summed E-state index contributed by atoms with van der Waals surface area (Å²) in [5.74, 6) is -1.35. The van der Waals surface area contributed by atoms with Gasteiger partial charge in [0.15, 0.2) is 5.82 Å². The molecule has 0 fully saturated rings. The summed E-state index contributed by atoms with van der Waals surface area (Å²) in [6, 6.07) is 1.89. The van der Waals surface area contributed by atoms with Gasteiger partial charge in [-0.3, -0.25) is 0 Å². The molecule has 0 unspecified atom stereocenters. The Morgan fingerprint density at radius 3 is 2.71 bits per heavy atom. The van der Waals surface area contributed by atoms with Crippen molar-refractivity contribution in [3.63, 3.8) is 0 Å². The minimum atomic E-state index is -0.728. The molecular weight excluding hydrogens is 190 g/mol. The number of nitrogen functional groups attached to an aromatic ring is 1. The number of anilines is 1. The lowest BCUT2D eigenvalue weighted by Crippen LogP contribution is -1.95. The highest BCUT2D eigenvalue weighted by molar-refractivity contribution is 5.61. The molecule has 0 aliphatic carbocycles. The van der Waals surface area contributed by atoms with Crippen LogP contribution in [-0.2, 0) is 0 Å². The van der Waals surface area contributed by atoms with Crippen LogP contribution >= 0.6 is 0 Å². The molecule has 14 heavy (non-hydrogen) atoms. The highest BCUT2D eigenvalue weighted by Gasteiger charge is 2.13. The molecule has 0 aliphatic heterocycles. The van der Waals surface area contributed by atoms with Crippen molar-refractivity contribution in [3.8, 4) is 11.5 Å². The van der Waals surface area contributed by atoms with Gasteiger partial charge in [-0.1, -0.05) is 0 Å². The number of nitrogens with two attached hydrogens (primary N) is 1. The summed E-state index contributed by atoms with van der Waals surface area (Å²) in [4.78, 5) is 3.70. The van der Waals surface area contributed by atoms with Crippen LogP contribution in [0.25, 0.3) is 11.5 Å². The average molecular weight is 196 g/mol. The van der Waals surface area contributed by atoms with Crippen LogP contribution < -0.4 is 5.73 Å². The summed E-state index contributed by atoms with van der Waals surface area (Å²) in [6.07, 6.45) is 2.62. The van der Waals surface area contributed by atoms with Gasteiger partial charge in [-0.15, -0.1) is 0 Å². The number of halogens is 2.